The van der Waals surface area contributed by atoms with E-state index in [4.69, 9.17) is 9.47 Å². The van der Waals surface area contributed by atoms with E-state index in [1.807, 2.05) is 18.2 Å². The molecule has 108 valence electrons. The van der Waals surface area contributed by atoms with E-state index in [0.29, 0.717) is 11.3 Å². The lowest BCUT2D eigenvalue weighted by Gasteiger charge is -2.42. The highest BCUT2D eigenvalue weighted by Gasteiger charge is 2.42. The van der Waals surface area contributed by atoms with Gasteiger partial charge >= 0.3 is 0 Å². The fourth-order valence-electron chi connectivity index (χ4n) is 2.25. The molecule has 2 aliphatic heterocycles. The summed E-state index contributed by atoms with van der Waals surface area (Å²) in [5.74, 6) is 0.204. The SMILES string of the molecule is CC1=C(Oc2ccccc2)N2C(=O)C=COC2N(C)C1=O. The number of likely N-dealkylation sites (N-methyl/N-ethyl adjacent to an activating group) is 1. The number of benzene rings is 1. The lowest BCUT2D eigenvalue weighted by molar-refractivity contribution is -0.170. The summed E-state index contributed by atoms with van der Waals surface area (Å²) in [6, 6.07) is 8.99. The molecule has 0 saturated carbocycles. The van der Waals surface area contributed by atoms with Crippen LogP contribution >= 0.6 is 0 Å². The molecule has 0 spiro atoms. The van der Waals surface area contributed by atoms with Gasteiger partial charge in [-0.15, -0.1) is 0 Å². The first-order chi connectivity index (χ1) is 10.1. The fourth-order valence-corrected chi connectivity index (χ4v) is 2.25. The molecule has 3 rings (SSSR count). The molecule has 0 bridgehead atoms. The maximum absolute atomic E-state index is 12.2. The fraction of sp³-hybridized carbons (Fsp3) is 0.200. The van der Waals surface area contributed by atoms with Gasteiger partial charge in [0.1, 0.15) is 5.75 Å². The monoisotopic (exact) mass is 286 g/mol. The standard InChI is InChI=1S/C15H14N2O4/c1-10-13(19)16(2)15-17(12(18)8-9-20-15)14(10)21-11-6-4-3-5-7-11/h3-9,15H,1-2H3. The number of ether oxygens (including phenoxy) is 2. The molecule has 21 heavy (non-hydrogen) atoms. The van der Waals surface area contributed by atoms with Crippen LogP contribution in [-0.4, -0.2) is 35.0 Å². The van der Waals surface area contributed by atoms with Crippen LogP contribution in [0.3, 0.4) is 0 Å². The predicted octanol–water partition coefficient (Wildman–Crippen LogP) is 1.42. The number of carbonyl (C=O) groups is 2. The zero-order chi connectivity index (χ0) is 15.0. The van der Waals surface area contributed by atoms with Crippen molar-refractivity contribution >= 4 is 11.8 Å². The highest BCUT2D eigenvalue weighted by molar-refractivity contribution is 5.98. The quantitative estimate of drug-likeness (QED) is 0.825. The van der Waals surface area contributed by atoms with Crippen LogP contribution in [0, 0.1) is 0 Å². The molecule has 1 aromatic rings. The Labute approximate surface area is 121 Å². The third kappa shape index (κ3) is 2.14. The van der Waals surface area contributed by atoms with Gasteiger partial charge in [0.25, 0.3) is 18.2 Å². The number of nitrogens with zero attached hydrogens (tertiary/aromatic N) is 2. The second-order valence-corrected chi connectivity index (χ2v) is 4.73. The number of hydrogen-bond donors (Lipinski definition) is 0. The third-order valence-electron chi connectivity index (χ3n) is 3.34. The normalized spacial score (nSPS) is 21.3. The van der Waals surface area contributed by atoms with E-state index in [0.717, 1.165) is 0 Å². The molecule has 0 N–H and O–H groups in total. The van der Waals surface area contributed by atoms with Gasteiger partial charge in [-0.2, -0.15) is 0 Å². The van der Waals surface area contributed by atoms with Crippen molar-refractivity contribution in [3.63, 3.8) is 0 Å². The van der Waals surface area contributed by atoms with Gasteiger partial charge in [0.15, 0.2) is 0 Å². The molecule has 1 atom stereocenters. The number of amides is 2. The summed E-state index contributed by atoms with van der Waals surface area (Å²) in [7, 11) is 1.58. The Bertz CT molecular complexity index is 651. The minimum absolute atomic E-state index is 0.198. The molecular formula is C15H14N2O4. The Balaban J connectivity index is 2.04. The van der Waals surface area contributed by atoms with Crippen molar-refractivity contribution in [3.8, 4) is 5.75 Å². The Kier molecular flexibility index (Phi) is 3.13. The first kappa shape index (κ1) is 13.2. The minimum atomic E-state index is -0.822. The number of rotatable bonds is 2. The second kappa shape index (κ2) is 4.97. The molecule has 0 saturated heterocycles. The van der Waals surface area contributed by atoms with Crippen LogP contribution in [0.2, 0.25) is 0 Å². The van der Waals surface area contributed by atoms with E-state index >= 15 is 0 Å². The van der Waals surface area contributed by atoms with E-state index in [9.17, 15) is 9.59 Å². The molecule has 2 heterocycles. The molecule has 2 aliphatic rings. The van der Waals surface area contributed by atoms with Crippen molar-refractivity contribution in [2.75, 3.05) is 7.05 Å². The van der Waals surface area contributed by atoms with Gasteiger partial charge in [0.05, 0.1) is 11.8 Å². The van der Waals surface area contributed by atoms with Crippen molar-refractivity contribution in [2.45, 2.75) is 13.3 Å². The highest BCUT2D eigenvalue weighted by Crippen LogP contribution is 2.29. The molecule has 0 aliphatic carbocycles. The van der Waals surface area contributed by atoms with Gasteiger partial charge in [-0.05, 0) is 19.1 Å². The Morgan fingerprint density at radius 2 is 1.90 bits per heavy atom. The van der Waals surface area contributed by atoms with Crippen molar-refractivity contribution in [3.05, 3.63) is 54.1 Å². The lowest BCUT2D eigenvalue weighted by atomic mass is 10.2. The van der Waals surface area contributed by atoms with Crippen LogP contribution in [0.5, 0.6) is 5.75 Å². The number of fused-ring (bicyclic) bond motifs is 1. The van der Waals surface area contributed by atoms with Crippen LogP contribution in [0.25, 0.3) is 0 Å². The Morgan fingerprint density at radius 3 is 2.62 bits per heavy atom. The van der Waals surface area contributed by atoms with Crippen molar-refractivity contribution in [1.82, 2.24) is 9.80 Å². The van der Waals surface area contributed by atoms with E-state index in [1.165, 1.54) is 22.1 Å². The van der Waals surface area contributed by atoms with Crippen LogP contribution in [0.4, 0.5) is 0 Å². The predicted molar refractivity (Wildman–Crippen MR) is 73.4 cm³/mol. The van der Waals surface area contributed by atoms with Gasteiger partial charge in [-0.3, -0.25) is 14.5 Å². The van der Waals surface area contributed by atoms with Gasteiger partial charge in [-0.1, -0.05) is 18.2 Å². The third-order valence-corrected chi connectivity index (χ3v) is 3.34. The van der Waals surface area contributed by atoms with Crippen molar-refractivity contribution in [2.24, 2.45) is 0 Å². The van der Waals surface area contributed by atoms with E-state index < -0.39 is 6.35 Å². The highest BCUT2D eigenvalue weighted by atomic mass is 16.5. The molecule has 6 heteroatoms. The zero-order valence-electron chi connectivity index (χ0n) is 11.6. The number of para-hydroxylation sites is 1. The van der Waals surface area contributed by atoms with E-state index in [1.54, 1.807) is 26.1 Å². The van der Waals surface area contributed by atoms with Gasteiger partial charge < -0.3 is 9.47 Å². The summed E-state index contributed by atoms with van der Waals surface area (Å²) in [6.07, 6.45) is 1.76. The van der Waals surface area contributed by atoms with E-state index in [-0.39, 0.29) is 17.7 Å². The smallest absolute Gasteiger partial charge is 0.263 e. The van der Waals surface area contributed by atoms with Crippen LogP contribution in [-0.2, 0) is 14.3 Å². The van der Waals surface area contributed by atoms with Gasteiger partial charge in [-0.25, -0.2) is 4.90 Å². The minimum Gasteiger partial charge on any atom is -0.459 e. The summed E-state index contributed by atoms with van der Waals surface area (Å²) in [5.41, 5.74) is 0.352. The van der Waals surface area contributed by atoms with Gasteiger partial charge in [0, 0.05) is 13.1 Å². The molecular weight excluding hydrogens is 272 g/mol. The lowest BCUT2D eigenvalue weighted by Crippen LogP contribution is -2.57. The number of carbonyl (C=O) groups excluding carboxylic acids is 2. The molecule has 1 aromatic carbocycles. The van der Waals surface area contributed by atoms with Crippen LogP contribution in [0.15, 0.2) is 54.1 Å². The zero-order valence-corrected chi connectivity index (χ0v) is 11.6. The molecule has 6 nitrogen and oxygen atoms in total. The topological polar surface area (TPSA) is 59.1 Å². The summed E-state index contributed by atoms with van der Waals surface area (Å²) in [6.45, 7) is 1.62. The molecule has 1 unspecified atom stereocenters. The Morgan fingerprint density at radius 1 is 1.19 bits per heavy atom. The van der Waals surface area contributed by atoms with Crippen LogP contribution < -0.4 is 4.74 Å². The van der Waals surface area contributed by atoms with Crippen LogP contribution in [0.1, 0.15) is 6.92 Å². The average Bonchev–Trinajstić information content (AvgIpc) is 2.50. The summed E-state index contributed by atoms with van der Waals surface area (Å²) >= 11 is 0. The van der Waals surface area contributed by atoms with E-state index in [2.05, 4.69) is 0 Å². The molecule has 2 amide bonds. The average molecular weight is 286 g/mol. The maximum atomic E-state index is 12.2. The first-order valence-corrected chi connectivity index (χ1v) is 6.46. The first-order valence-electron chi connectivity index (χ1n) is 6.46. The summed E-state index contributed by atoms with van der Waals surface area (Å²) in [5, 5.41) is 0. The van der Waals surface area contributed by atoms with Crippen molar-refractivity contribution < 1.29 is 19.1 Å². The Hall–Kier alpha value is -2.76. The second-order valence-electron chi connectivity index (χ2n) is 4.73. The summed E-state index contributed by atoms with van der Waals surface area (Å²) < 4.78 is 11.1. The maximum Gasteiger partial charge on any atom is 0.263 e. The number of hydrogen-bond acceptors (Lipinski definition) is 4. The largest absolute Gasteiger partial charge is 0.459 e. The van der Waals surface area contributed by atoms with Gasteiger partial charge in [0.2, 0.25) is 5.88 Å². The molecule has 0 fully saturated rings. The summed E-state index contributed by atoms with van der Waals surface area (Å²) in [4.78, 5) is 27.0. The molecule has 0 radical (unpaired) electrons. The molecule has 0 aromatic heterocycles. The van der Waals surface area contributed by atoms with Crippen molar-refractivity contribution in [1.29, 1.82) is 0 Å².